The van der Waals surface area contributed by atoms with Crippen LogP contribution in [-0.4, -0.2) is 0 Å². The first kappa shape index (κ1) is 78.1. The molecule has 0 unspecified atom stereocenters. The number of hydrogen-bond donors (Lipinski definition) is 1. The molecular formula is C119H95Br2N3. The topological polar surface area (TPSA) is 18.5 Å². The number of aryl methyl sites for hydroxylation is 6. The van der Waals surface area contributed by atoms with Gasteiger partial charge in [0.15, 0.2) is 0 Å². The van der Waals surface area contributed by atoms with E-state index in [-0.39, 0.29) is 16.2 Å². The van der Waals surface area contributed by atoms with E-state index in [0.29, 0.717) is 0 Å². The van der Waals surface area contributed by atoms with Gasteiger partial charge in [0.1, 0.15) is 0 Å². The Balaban J connectivity index is 0.000000158. The van der Waals surface area contributed by atoms with E-state index in [1.807, 2.05) is 0 Å². The first-order valence-corrected chi connectivity index (χ1v) is 45.0. The van der Waals surface area contributed by atoms with Gasteiger partial charge in [0.2, 0.25) is 0 Å². The molecule has 600 valence electrons. The number of rotatable bonds is 11. The summed E-state index contributed by atoms with van der Waals surface area (Å²) in [6.07, 6.45) is 0. The van der Waals surface area contributed by atoms with Crippen molar-refractivity contribution in [1.29, 1.82) is 0 Å². The summed E-state index contributed by atoms with van der Waals surface area (Å²) in [5.41, 5.74) is 40.2. The number of nitrogens with zero attached hydrogens (tertiary/aromatic N) is 2. The van der Waals surface area contributed by atoms with Crippen LogP contribution < -0.4 is 15.1 Å². The fraction of sp³-hybridized carbons (Fsp3) is 0.126. The van der Waals surface area contributed by atoms with Crippen LogP contribution in [0.5, 0.6) is 0 Å². The first-order valence-electron chi connectivity index (χ1n) is 43.4. The van der Waals surface area contributed by atoms with Crippen LogP contribution >= 0.6 is 31.9 Å². The molecule has 0 atom stereocenters. The van der Waals surface area contributed by atoms with E-state index in [1.165, 1.54) is 227 Å². The smallest absolute Gasteiger partial charge is 0.0540 e. The molecule has 0 fully saturated rings. The largest absolute Gasteiger partial charge is 0.355 e. The lowest BCUT2D eigenvalue weighted by Crippen LogP contribution is -2.17. The highest BCUT2D eigenvalue weighted by molar-refractivity contribution is 9.11. The molecule has 20 aromatic rings. The van der Waals surface area contributed by atoms with Crippen molar-refractivity contribution in [2.24, 2.45) is 0 Å². The second kappa shape index (κ2) is 30.1. The molecule has 0 heterocycles. The predicted molar refractivity (Wildman–Crippen MR) is 539 cm³/mol. The van der Waals surface area contributed by atoms with Gasteiger partial charge in [0.25, 0.3) is 0 Å². The van der Waals surface area contributed by atoms with Gasteiger partial charge in [-0.2, -0.15) is 0 Å². The van der Waals surface area contributed by atoms with Crippen molar-refractivity contribution in [3.05, 3.63) is 428 Å². The van der Waals surface area contributed by atoms with E-state index in [1.54, 1.807) is 0 Å². The molecule has 1 N–H and O–H groups in total. The second-order valence-electron chi connectivity index (χ2n) is 36.1. The number of fused-ring (bicyclic) bond motifs is 9. The average Bonchev–Trinajstić information content (AvgIpc) is 1.45. The van der Waals surface area contributed by atoms with E-state index in [2.05, 4.69) is 482 Å². The Kier molecular flexibility index (Phi) is 19.0. The maximum atomic E-state index is 3.74. The molecule has 0 saturated carbocycles. The number of halogens is 2. The van der Waals surface area contributed by atoms with Crippen LogP contribution in [0.3, 0.4) is 0 Å². The molecule has 0 spiro atoms. The number of benzene rings is 20. The molecule has 3 aliphatic rings. The van der Waals surface area contributed by atoms with E-state index in [4.69, 9.17) is 0 Å². The van der Waals surface area contributed by atoms with Gasteiger partial charge in [-0.25, -0.2) is 0 Å². The van der Waals surface area contributed by atoms with E-state index in [0.717, 1.165) is 26.0 Å². The van der Waals surface area contributed by atoms with E-state index < -0.39 is 0 Å². The molecule has 3 aliphatic carbocycles. The lowest BCUT2D eigenvalue weighted by molar-refractivity contribution is 0.659. The lowest BCUT2D eigenvalue weighted by Gasteiger charge is -2.33. The number of nitrogens with one attached hydrogen (secondary N) is 1. The van der Waals surface area contributed by atoms with Crippen molar-refractivity contribution < 1.29 is 0 Å². The summed E-state index contributed by atoms with van der Waals surface area (Å²) in [6.45, 7) is 27.7. The summed E-state index contributed by atoms with van der Waals surface area (Å²) < 4.78 is 2.31. The minimum atomic E-state index is -0.109. The Morgan fingerprint density at radius 1 is 0.210 bits per heavy atom. The zero-order valence-corrected chi connectivity index (χ0v) is 75.3. The van der Waals surface area contributed by atoms with Crippen molar-refractivity contribution >= 4 is 142 Å². The molecule has 0 bridgehead atoms. The quantitative estimate of drug-likeness (QED) is 0.130. The molecule has 0 aliphatic heterocycles. The van der Waals surface area contributed by atoms with Crippen LogP contribution in [-0.2, 0) is 16.2 Å². The maximum Gasteiger partial charge on any atom is 0.0540 e. The molecule has 23 rings (SSSR count). The highest BCUT2D eigenvalue weighted by atomic mass is 79.9. The lowest BCUT2D eigenvalue weighted by atomic mass is 9.82. The zero-order valence-electron chi connectivity index (χ0n) is 72.1. The highest BCUT2D eigenvalue weighted by Crippen LogP contribution is 2.58. The van der Waals surface area contributed by atoms with Gasteiger partial charge in [0, 0.05) is 70.1 Å². The Morgan fingerprint density at radius 3 is 0.903 bits per heavy atom. The van der Waals surface area contributed by atoms with Crippen molar-refractivity contribution in [2.75, 3.05) is 15.1 Å². The van der Waals surface area contributed by atoms with Gasteiger partial charge < -0.3 is 15.1 Å². The molecule has 0 saturated heterocycles. The Hall–Kier alpha value is -13.2. The van der Waals surface area contributed by atoms with Crippen LogP contribution in [0.2, 0.25) is 0 Å². The number of anilines is 8. The third kappa shape index (κ3) is 12.8. The monoisotopic (exact) mass is 1720 g/mol. The number of hydrogen-bond acceptors (Lipinski definition) is 3. The van der Waals surface area contributed by atoms with E-state index in [9.17, 15) is 0 Å². The summed E-state index contributed by atoms with van der Waals surface area (Å²) in [5.74, 6) is 0. The molecule has 5 heteroatoms. The fourth-order valence-electron chi connectivity index (χ4n) is 20.9. The Labute approximate surface area is 744 Å². The third-order valence-electron chi connectivity index (χ3n) is 27.6. The molecule has 3 nitrogen and oxygen atoms in total. The standard InChI is InChI=1S/C74H60N2.C29H27N.C16H8Br2/c1-45-27-29-53(49-19-11-9-12-20-49)41-67(45)75(69-43-59-55-23-15-17-25-61(55)73(5,6)63(59)39-47(69)3)65-37-33-51-32-36-58-66(38-34-52-31-35-57(65)71(51)72(52)58)76(68-42-54(30-28-46(68)2)50-21-13-10-14-22-50)70-44-60-56-24-16-18-26-62(56)74(7,8)64(60)40-48(70)4;1-19-14-15-22(21-10-6-5-7-11-21)17-27(19)30-28-18-24-23-12-8-9-13-25(23)29(3,4)26(24)16-20(28)2;17-13-8-4-10-2-6-12-14(18)7-3-9-1-5-11(13)16(10)15(9)12/h9-44H,1-8H3;5-18,30H,1-4H3;1-8H. The van der Waals surface area contributed by atoms with Crippen LogP contribution in [0.25, 0.3) is 131 Å². The van der Waals surface area contributed by atoms with Gasteiger partial charge in [0.05, 0.1) is 11.4 Å². The van der Waals surface area contributed by atoms with Crippen LogP contribution in [0.1, 0.15) is 108 Å². The zero-order chi connectivity index (χ0) is 84.9. The fourth-order valence-corrected chi connectivity index (χ4v) is 21.8. The van der Waals surface area contributed by atoms with Crippen LogP contribution in [0.4, 0.5) is 45.5 Å². The van der Waals surface area contributed by atoms with Gasteiger partial charge in [-0.1, -0.05) is 365 Å². The highest BCUT2D eigenvalue weighted by Gasteiger charge is 2.40. The van der Waals surface area contributed by atoms with Crippen LogP contribution in [0.15, 0.2) is 361 Å². The van der Waals surface area contributed by atoms with Crippen molar-refractivity contribution in [3.8, 4) is 66.8 Å². The Morgan fingerprint density at radius 2 is 0.508 bits per heavy atom. The summed E-state index contributed by atoms with van der Waals surface area (Å²) in [4.78, 5) is 5.16. The van der Waals surface area contributed by atoms with Gasteiger partial charge >= 0.3 is 0 Å². The van der Waals surface area contributed by atoms with E-state index >= 15 is 0 Å². The van der Waals surface area contributed by atoms with Crippen molar-refractivity contribution in [1.82, 2.24) is 0 Å². The van der Waals surface area contributed by atoms with Crippen molar-refractivity contribution in [2.45, 2.75) is 99.3 Å². The second-order valence-corrected chi connectivity index (χ2v) is 37.8. The van der Waals surface area contributed by atoms with Gasteiger partial charge in [-0.05, 0) is 290 Å². The van der Waals surface area contributed by atoms with Crippen molar-refractivity contribution in [3.63, 3.8) is 0 Å². The minimum absolute atomic E-state index is 0.0400. The molecule has 0 aromatic heterocycles. The van der Waals surface area contributed by atoms with Crippen LogP contribution in [0, 0.1) is 41.5 Å². The molecule has 0 radical (unpaired) electrons. The third-order valence-corrected chi connectivity index (χ3v) is 29.0. The normalized spacial score (nSPS) is 13.4. The molecule has 20 aromatic carbocycles. The summed E-state index contributed by atoms with van der Waals surface area (Å²) in [7, 11) is 0. The molecule has 124 heavy (non-hydrogen) atoms. The SMILES string of the molecule is Brc1ccc2ccc3c(Br)ccc4ccc1c2c43.Cc1ccc(-c2ccccc2)cc1N(c1cc2c(cc1C)C(C)(C)c1ccccc1-2)c1ccc2ccc3c(N(c4cc(-c5ccccc5)ccc4C)c4cc5c(cc4C)C(C)(C)c4ccccc4-5)ccc4ccc1c2c43.Cc1ccc(-c2ccccc2)cc1Nc1cc2c(cc1C)C(C)(C)c1ccccc1-2. The van der Waals surface area contributed by atoms with Gasteiger partial charge in [-0.3, -0.25) is 0 Å². The maximum absolute atomic E-state index is 3.74. The minimum Gasteiger partial charge on any atom is -0.355 e. The first-order chi connectivity index (χ1) is 60.1. The summed E-state index contributed by atoms with van der Waals surface area (Å²) in [6, 6.07) is 131. The average molecular weight is 1730 g/mol. The van der Waals surface area contributed by atoms with Gasteiger partial charge in [-0.15, -0.1) is 0 Å². The predicted octanol–water partition coefficient (Wildman–Crippen LogP) is 34.8. The molecule has 0 amide bonds. The molecular weight excluding hydrogens is 1630 g/mol. The summed E-state index contributed by atoms with van der Waals surface area (Å²) in [5, 5.41) is 19.0. The Bertz CT molecular complexity index is 7350. The summed E-state index contributed by atoms with van der Waals surface area (Å²) >= 11 is 7.30.